The van der Waals surface area contributed by atoms with Crippen molar-refractivity contribution in [3.05, 3.63) is 93.7 Å². The van der Waals surface area contributed by atoms with Crippen LogP contribution in [0.2, 0.25) is 0 Å². The van der Waals surface area contributed by atoms with Gasteiger partial charge in [-0.05, 0) is 86.2 Å². The second kappa shape index (κ2) is 16.6. The molecule has 0 saturated carbocycles. The Morgan fingerprint density at radius 3 is 2.33 bits per heavy atom. The molecule has 8 nitrogen and oxygen atoms in total. The third-order valence-corrected chi connectivity index (χ3v) is 6.33. The molecule has 4 N–H and O–H groups in total. The largest absolute Gasteiger partial charge is 0.398 e. The molecule has 0 bridgehead atoms. The van der Waals surface area contributed by atoms with E-state index < -0.39 is 17.7 Å². The normalized spacial score (nSPS) is 12.7. The molecule has 2 aromatic rings. The van der Waals surface area contributed by atoms with Crippen LogP contribution >= 0.6 is 0 Å². The van der Waals surface area contributed by atoms with Crippen LogP contribution in [-0.2, 0) is 24.2 Å². The van der Waals surface area contributed by atoms with Gasteiger partial charge in [0, 0.05) is 30.2 Å². The van der Waals surface area contributed by atoms with Gasteiger partial charge in [-0.15, -0.1) is 0 Å². The summed E-state index contributed by atoms with van der Waals surface area (Å²) in [5, 5.41) is 5.13. The monoisotopic (exact) mass is 578 g/mol. The van der Waals surface area contributed by atoms with E-state index in [-0.39, 0.29) is 12.5 Å². The molecule has 0 spiro atoms. The maximum atomic E-state index is 14.4. The number of carbonyl (C=O) groups is 2. The molecule has 2 aromatic carbocycles. The number of nitrogens with zero attached hydrogens (tertiary/aromatic N) is 3. The molecule has 2 rings (SSSR count). The van der Waals surface area contributed by atoms with Gasteiger partial charge in [0.25, 0.3) is 0 Å². The molecule has 0 atom stereocenters. The summed E-state index contributed by atoms with van der Waals surface area (Å²) in [5.74, 6) is -2.07. The molecule has 0 aliphatic heterocycles. The molecule has 42 heavy (non-hydrogen) atoms. The van der Waals surface area contributed by atoms with Gasteiger partial charge in [0.1, 0.15) is 0 Å². The fourth-order valence-electron chi connectivity index (χ4n) is 4.34. The zero-order valence-electron chi connectivity index (χ0n) is 25.1. The quantitative estimate of drug-likeness (QED) is 0.0932. The molecule has 0 unspecified atom stereocenters. The first-order valence-electron chi connectivity index (χ1n) is 13.8. The Morgan fingerprint density at radius 2 is 1.76 bits per heavy atom. The number of aliphatic imine (C=N–C) groups is 2. The summed E-state index contributed by atoms with van der Waals surface area (Å²) in [6, 6.07) is 5.14. The van der Waals surface area contributed by atoms with Crippen molar-refractivity contribution in [1.29, 1.82) is 0 Å². The highest BCUT2D eigenvalue weighted by Gasteiger charge is 2.22. The molecule has 0 aliphatic rings. The first-order valence-corrected chi connectivity index (χ1v) is 13.8. The number of halogens is 2. The Morgan fingerprint density at radius 1 is 1.07 bits per heavy atom. The molecule has 10 heteroatoms. The van der Waals surface area contributed by atoms with Crippen molar-refractivity contribution in [2.75, 3.05) is 12.8 Å². The van der Waals surface area contributed by atoms with Crippen LogP contribution in [0, 0.1) is 11.6 Å². The van der Waals surface area contributed by atoms with Gasteiger partial charge in [-0.25, -0.2) is 18.6 Å². The highest BCUT2D eigenvalue weighted by atomic mass is 19.2. The number of guanidine groups is 1. The van der Waals surface area contributed by atoms with E-state index in [4.69, 9.17) is 5.73 Å². The van der Waals surface area contributed by atoms with Crippen LogP contribution in [0.4, 0.5) is 25.0 Å². The molecule has 0 heterocycles. The minimum atomic E-state index is -1.00. The fourth-order valence-corrected chi connectivity index (χ4v) is 4.34. The van der Waals surface area contributed by atoms with E-state index in [1.807, 2.05) is 39.8 Å². The van der Waals surface area contributed by atoms with Crippen molar-refractivity contribution < 1.29 is 18.4 Å². The zero-order chi connectivity index (χ0) is 31.2. The van der Waals surface area contributed by atoms with Crippen LogP contribution in [-0.4, -0.2) is 36.6 Å². The van der Waals surface area contributed by atoms with Crippen molar-refractivity contribution in [1.82, 2.24) is 15.5 Å². The summed E-state index contributed by atoms with van der Waals surface area (Å²) in [6.45, 7) is 9.33. The van der Waals surface area contributed by atoms with Crippen molar-refractivity contribution in [2.45, 2.75) is 60.4 Å². The average Bonchev–Trinajstić information content (AvgIpc) is 2.95. The molecule has 224 valence electrons. The first-order chi connectivity index (χ1) is 20.1. The first kappa shape index (κ1) is 33.6. The van der Waals surface area contributed by atoms with Crippen LogP contribution in [0.5, 0.6) is 0 Å². The molecule has 0 fully saturated rings. The Balaban J connectivity index is 2.64. The maximum absolute atomic E-state index is 14.4. The number of hydrogen-bond acceptors (Lipinski definition) is 5. The lowest BCUT2D eigenvalue weighted by Crippen LogP contribution is -2.46. The van der Waals surface area contributed by atoms with Crippen LogP contribution < -0.4 is 16.4 Å². The number of allylic oxidation sites excluding steroid dienone is 5. The summed E-state index contributed by atoms with van der Waals surface area (Å²) < 4.78 is 28.5. The van der Waals surface area contributed by atoms with E-state index in [9.17, 15) is 18.4 Å². The van der Waals surface area contributed by atoms with E-state index in [1.54, 1.807) is 44.5 Å². The van der Waals surface area contributed by atoms with Crippen molar-refractivity contribution >= 4 is 36.0 Å². The Hall–Kier alpha value is -4.60. The summed E-state index contributed by atoms with van der Waals surface area (Å²) >= 11 is 0. The lowest BCUT2D eigenvalue weighted by molar-refractivity contribution is -0.108. The summed E-state index contributed by atoms with van der Waals surface area (Å²) in [5.41, 5.74) is 11.0. The van der Waals surface area contributed by atoms with Crippen LogP contribution in [0.1, 0.15) is 63.3 Å². The number of carbonyl (C=O) groups excluding carboxylic acids is 2. The van der Waals surface area contributed by atoms with Gasteiger partial charge < -0.3 is 5.73 Å². The molecule has 0 aromatic heterocycles. The van der Waals surface area contributed by atoms with Crippen LogP contribution in [0.25, 0.3) is 0 Å². The SMILES string of the molecule is C\C=C/C(C)=C\C(=C/C)N(Cc1cc(F)c(F)cc1CCC)C(=O)NC(=Nc1cc(C=NC)c(N)cc1CC)NC=O. The fraction of sp³-hybridized carbons (Fsp3) is 0.312. The van der Waals surface area contributed by atoms with Crippen molar-refractivity contribution in [3.8, 4) is 0 Å². The molecular weight excluding hydrogens is 538 g/mol. The van der Waals surface area contributed by atoms with Crippen molar-refractivity contribution in [2.24, 2.45) is 9.98 Å². The van der Waals surface area contributed by atoms with E-state index in [0.29, 0.717) is 59.4 Å². The standard InChI is InChI=1S/C32H40F2N6O2/c1-7-11-21(5)13-26(10-4)40(19-25-15-28(34)27(33)14-23(25)12-8-2)32(42)39-31(37-20-41)38-30-17-24(18-36-6)29(35)16-22(30)9-3/h7,10-11,13-18,20H,8-9,12,19,35H2,1-6H3,(H2,37,38,39,41,42)/b11-7-,21-13-,26-10+,36-18?. The highest BCUT2D eigenvalue weighted by Crippen LogP contribution is 2.26. The molecule has 3 amide bonds. The second-order valence-corrected chi connectivity index (χ2v) is 9.48. The van der Waals surface area contributed by atoms with E-state index in [1.165, 1.54) is 11.0 Å². The number of amides is 3. The van der Waals surface area contributed by atoms with Gasteiger partial charge in [0.05, 0.1) is 12.2 Å². The van der Waals surface area contributed by atoms with E-state index in [2.05, 4.69) is 20.6 Å². The topological polar surface area (TPSA) is 112 Å². The van der Waals surface area contributed by atoms with Gasteiger partial charge in [-0.2, -0.15) is 0 Å². The maximum Gasteiger partial charge on any atom is 0.328 e. The summed E-state index contributed by atoms with van der Waals surface area (Å²) in [4.78, 5) is 35.3. The number of aryl methyl sites for hydroxylation is 2. The Kier molecular flexibility index (Phi) is 13.3. The minimum absolute atomic E-state index is 0.0643. The van der Waals surface area contributed by atoms with Crippen LogP contribution in [0.15, 0.2) is 69.8 Å². The molecule has 0 radical (unpaired) electrons. The smallest absolute Gasteiger partial charge is 0.328 e. The van der Waals surface area contributed by atoms with Gasteiger partial charge in [-0.3, -0.25) is 25.3 Å². The number of nitrogen functional groups attached to an aromatic ring is 1. The van der Waals surface area contributed by atoms with Gasteiger partial charge in [0.15, 0.2) is 11.6 Å². The predicted octanol–water partition coefficient (Wildman–Crippen LogP) is 6.48. The number of urea groups is 1. The number of rotatable bonds is 11. The number of anilines is 1. The van der Waals surface area contributed by atoms with Gasteiger partial charge in [0.2, 0.25) is 12.4 Å². The van der Waals surface area contributed by atoms with Gasteiger partial charge >= 0.3 is 6.03 Å². The highest BCUT2D eigenvalue weighted by molar-refractivity contribution is 6.02. The predicted molar refractivity (Wildman–Crippen MR) is 167 cm³/mol. The third-order valence-electron chi connectivity index (χ3n) is 6.33. The summed E-state index contributed by atoms with van der Waals surface area (Å²) in [7, 11) is 1.62. The van der Waals surface area contributed by atoms with E-state index in [0.717, 1.165) is 17.2 Å². The van der Waals surface area contributed by atoms with E-state index >= 15 is 0 Å². The molecular formula is C32H40F2N6O2. The lowest BCUT2D eigenvalue weighted by Gasteiger charge is -2.26. The third kappa shape index (κ3) is 9.22. The van der Waals surface area contributed by atoms with Crippen molar-refractivity contribution in [3.63, 3.8) is 0 Å². The molecule has 0 aliphatic carbocycles. The second-order valence-electron chi connectivity index (χ2n) is 9.48. The summed E-state index contributed by atoms with van der Waals surface area (Å²) in [6.07, 6.45) is 11.1. The number of nitrogens with two attached hydrogens (primary N) is 1. The molecule has 0 saturated heterocycles. The van der Waals surface area contributed by atoms with Gasteiger partial charge in [-0.1, -0.05) is 38.5 Å². The lowest BCUT2D eigenvalue weighted by atomic mass is 10.0. The average molecular weight is 579 g/mol. The Bertz CT molecular complexity index is 1430. The zero-order valence-corrected chi connectivity index (χ0v) is 25.1. The minimum Gasteiger partial charge on any atom is -0.398 e. The van der Waals surface area contributed by atoms with Crippen LogP contribution in [0.3, 0.4) is 0 Å². The Labute approximate surface area is 246 Å². The number of hydrogen-bond donors (Lipinski definition) is 3. The number of benzene rings is 2. The number of nitrogens with one attached hydrogen (secondary N) is 2.